The van der Waals surface area contributed by atoms with E-state index >= 15 is 0 Å². The second-order valence-corrected chi connectivity index (χ2v) is 5.61. The zero-order valence-electron chi connectivity index (χ0n) is 8.88. The van der Waals surface area contributed by atoms with Crippen LogP contribution in [0.1, 0.15) is 11.1 Å². The van der Waals surface area contributed by atoms with Gasteiger partial charge in [-0.25, -0.2) is 0 Å². The van der Waals surface area contributed by atoms with Crippen LogP contribution in [0.25, 0.3) is 22.9 Å². The summed E-state index contributed by atoms with van der Waals surface area (Å²) in [6.07, 6.45) is 3.88. The zero-order valence-corrected chi connectivity index (χ0v) is 13.6. The van der Waals surface area contributed by atoms with Gasteiger partial charge in [0.05, 0.1) is 0 Å². The van der Waals surface area contributed by atoms with Crippen LogP contribution in [-0.2, 0) is 0 Å². The standard InChI is InChI=1S/C14H9Br3/c1-2-9-12(7-8-15)14(17)11-6-4-3-5-10(11)13(9)16/h2-8H,1H2. The van der Waals surface area contributed by atoms with Gasteiger partial charge < -0.3 is 0 Å². The molecule has 3 heteroatoms. The van der Waals surface area contributed by atoms with Crippen molar-refractivity contribution in [1.82, 2.24) is 0 Å². The van der Waals surface area contributed by atoms with Crippen molar-refractivity contribution in [1.29, 1.82) is 0 Å². The first kappa shape index (κ1) is 13.1. The van der Waals surface area contributed by atoms with Crippen molar-refractivity contribution in [2.24, 2.45) is 0 Å². The van der Waals surface area contributed by atoms with Crippen LogP contribution in [0.4, 0.5) is 0 Å². The zero-order chi connectivity index (χ0) is 12.4. The highest BCUT2D eigenvalue weighted by Gasteiger charge is 2.12. The third-order valence-corrected chi connectivity index (χ3v) is 4.57. The molecule has 0 unspecified atom stereocenters. The third kappa shape index (κ3) is 2.28. The molecule has 0 heterocycles. The lowest BCUT2D eigenvalue weighted by atomic mass is 10.0. The maximum atomic E-state index is 3.88. The Labute approximate surface area is 126 Å². The number of rotatable bonds is 2. The molecule has 0 spiro atoms. The summed E-state index contributed by atoms with van der Waals surface area (Å²) in [5, 5.41) is 2.37. The van der Waals surface area contributed by atoms with Crippen LogP contribution in [0.5, 0.6) is 0 Å². The second kappa shape index (κ2) is 5.51. The quantitative estimate of drug-likeness (QED) is 0.533. The highest BCUT2D eigenvalue weighted by atomic mass is 79.9. The van der Waals surface area contributed by atoms with E-state index in [1.807, 2.05) is 29.3 Å². The van der Waals surface area contributed by atoms with Gasteiger partial charge in [-0.15, -0.1) is 0 Å². The van der Waals surface area contributed by atoms with E-state index in [4.69, 9.17) is 0 Å². The summed E-state index contributed by atoms with van der Waals surface area (Å²) in [5.74, 6) is 0. The fraction of sp³-hybridized carbons (Fsp3) is 0. The lowest BCUT2D eigenvalue weighted by molar-refractivity contribution is 1.59. The summed E-state index contributed by atoms with van der Waals surface area (Å²) in [6, 6.07) is 8.27. The number of hydrogen-bond donors (Lipinski definition) is 0. The monoisotopic (exact) mass is 414 g/mol. The van der Waals surface area contributed by atoms with E-state index in [-0.39, 0.29) is 0 Å². The Morgan fingerprint density at radius 2 is 1.47 bits per heavy atom. The molecule has 2 aromatic carbocycles. The minimum absolute atomic E-state index is 1.08. The van der Waals surface area contributed by atoms with Crippen molar-refractivity contribution in [2.45, 2.75) is 0 Å². The molecule has 0 aliphatic carbocycles. The van der Waals surface area contributed by atoms with E-state index in [9.17, 15) is 0 Å². The molecule has 0 aliphatic heterocycles. The van der Waals surface area contributed by atoms with Gasteiger partial charge in [-0.05, 0) is 64.8 Å². The van der Waals surface area contributed by atoms with Crippen LogP contribution in [-0.4, -0.2) is 0 Å². The average Bonchev–Trinajstić information content (AvgIpc) is 2.36. The Morgan fingerprint density at radius 1 is 0.941 bits per heavy atom. The summed E-state index contributed by atoms with van der Waals surface area (Å²) < 4.78 is 2.16. The van der Waals surface area contributed by atoms with Crippen molar-refractivity contribution in [3.63, 3.8) is 0 Å². The Balaban J connectivity index is 2.98. The molecule has 2 aromatic rings. The summed E-state index contributed by atoms with van der Waals surface area (Å²) in [5.41, 5.74) is 2.20. The van der Waals surface area contributed by atoms with E-state index in [0.717, 1.165) is 20.1 Å². The molecule has 0 aromatic heterocycles. The van der Waals surface area contributed by atoms with Gasteiger partial charge >= 0.3 is 0 Å². The van der Waals surface area contributed by atoms with Gasteiger partial charge in [-0.2, -0.15) is 0 Å². The summed E-state index contributed by atoms with van der Waals surface area (Å²) in [6.45, 7) is 3.88. The van der Waals surface area contributed by atoms with Gasteiger partial charge in [0.2, 0.25) is 0 Å². The van der Waals surface area contributed by atoms with E-state index in [0.29, 0.717) is 0 Å². The smallest absolute Gasteiger partial charge is 0.0333 e. The maximum Gasteiger partial charge on any atom is 0.0333 e. The van der Waals surface area contributed by atoms with Crippen LogP contribution in [0.3, 0.4) is 0 Å². The fourth-order valence-electron chi connectivity index (χ4n) is 1.82. The van der Waals surface area contributed by atoms with Crippen LogP contribution < -0.4 is 0 Å². The highest BCUT2D eigenvalue weighted by molar-refractivity contribution is 9.11. The average molecular weight is 417 g/mol. The van der Waals surface area contributed by atoms with Crippen molar-refractivity contribution in [3.8, 4) is 0 Å². The fourth-order valence-corrected chi connectivity index (χ4v) is 3.50. The Hall–Kier alpha value is -0.380. The predicted octanol–water partition coefficient (Wildman–Crippen LogP) is 6.37. The predicted molar refractivity (Wildman–Crippen MR) is 87.4 cm³/mol. The van der Waals surface area contributed by atoms with Crippen LogP contribution in [0.15, 0.2) is 44.8 Å². The minimum Gasteiger partial charge on any atom is -0.0984 e. The first-order chi connectivity index (χ1) is 8.20. The molecule has 0 bridgehead atoms. The summed E-state index contributed by atoms with van der Waals surface area (Å²) in [4.78, 5) is 1.85. The van der Waals surface area contributed by atoms with Crippen molar-refractivity contribution in [2.75, 3.05) is 0 Å². The van der Waals surface area contributed by atoms with Gasteiger partial charge in [-0.1, -0.05) is 52.9 Å². The van der Waals surface area contributed by atoms with Gasteiger partial charge in [-0.3, -0.25) is 0 Å². The third-order valence-electron chi connectivity index (χ3n) is 2.60. The minimum atomic E-state index is 1.08. The SMILES string of the molecule is C=Cc1c(C=CBr)c(Br)c2ccccc2c1Br. The van der Waals surface area contributed by atoms with E-state index in [1.54, 1.807) is 0 Å². The van der Waals surface area contributed by atoms with Gasteiger partial charge in [0.15, 0.2) is 0 Å². The van der Waals surface area contributed by atoms with Crippen LogP contribution >= 0.6 is 47.8 Å². The molecule has 86 valence electrons. The first-order valence-electron chi connectivity index (χ1n) is 4.99. The molecule has 0 fully saturated rings. The maximum absolute atomic E-state index is 3.88. The lowest BCUT2D eigenvalue weighted by Gasteiger charge is -2.12. The molecule has 0 aliphatic rings. The number of benzene rings is 2. The summed E-state index contributed by atoms with van der Waals surface area (Å²) >= 11 is 10.6. The van der Waals surface area contributed by atoms with Crippen LogP contribution in [0.2, 0.25) is 0 Å². The Bertz CT molecular complexity index is 612. The van der Waals surface area contributed by atoms with Crippen molar-refractivity contribution in [3.05, 3.63) is 55.9 Å². The van der Waals surface area contributed by atoms with Gasteiger partial charge in [0.25, 0.3) is 0 Å². The summed E-state index contributed by atoms with van der Waals surface area (Å²) in [7, 11) is 0. The molecule has 0 saturated carbocycles. The molecule has 0 nitrogen and oxygen atoms in total. The lowest BCUT2D eigenvalue weighted by Crippen LogP contribution is -1.88. The molecule has 0 saturated heterocycles. The molecule has 17 heavy (non-hydrogen) atoms. The largest absolute Gasteiger partial charge is 0.0984 e. The topological polar surface area (TPSA) is 0 Å². The van der Waals surface area contributed by atoms with Crippen LogP contribution in [0, 0.1) is 0 Å². The normalized spacial score (nSPS) is 11.2. The van der Waals surface area contributed by atoms with Gasteiger partial charge in [0.1, 0.15) is 0 Å². The number of hydrogen-bond acceptors (Lipinski definition) is 0. The van der Waals surface area contributed by atoms with Gasteiger partial charge in [0, 0.05) is 8.95 Å². The molecule has 0 atom stereocenters. The molecule has 2 rings (SSSR count). The highest BCUT2D eigenvalue weighted by Crippen LogP contribution is 2.38. The van der Waals surface area contributed by atoms with Crippen molar-refractivity contribution < 1.29 is 0 Å². The second-order valence-electron chi connectivity index (χ2n) is 3.50. The van der Waals surface area contributed by atoms with E-state index in [2.05, 4.69) is 66.5 Å². The molecule has 0 N–H and O–H groups in total. The molecule has 0 amide bonds. The van der Waals surface area contributed by atoms with Crippen molar-refractivity contribution >= 4 is 70.7 Å². The molecular formula is C14H9Br3. The number of fused-ring (bicyclic) bond motifs is 1. The number of halogens is 3. The first-order valence-corrected chi connectivity index (χ1v) is 7.49. The Morgan fingerprint density at radius 3 is 1.94 bits per heavy atom. The Kier molecular flexibility index (Phi) is 4.23. The molecular weight excluding hydrogens is 408 g/mol. The van der Waals surface area contributed by atoms with E-state index < -0.39 is 0 Å². The molecule has 0 radical (unpaired) electrons. The van der Waals surface area contributed by atoms with E-state index in [1.165, 1.54) is 10.8 Å².